The summed E-state index contributed by atoms with van der Waals surface area (Å²) >= 11 is 0. The van der Waals surface area contributed by atoms with E-state index >= 15 is 0 Å². The van der Waals surface area contributed by atoms with Crippen LogP contribution in [0.25, 0.3) is 0 Å². The summed E-state index contributed by atoms with van der Waals surface area (Å²) in [6.07, 6.45) is 1.97. The molecule has 1 unspecified atom stereocenters. The third-order valence-corrected chi connectivity index (χ3v) is 2.13. The van der Waals surface area contributed by atoms with Crippen LogP contribution >= 0.6 is 0 Å². The van der Waals surface area contributed by atoms with Gasteiger partial charge in [0.1, 0.15) is 0 Å². The molecule has 0 spiro atoms. The molecule has 4 heteroatoms. The van der Waals surface area contributed by atoms with Crippen LogP contribution in [0.2, 0.25) is 0 Å². The Hall–Kier alpha value is -1.39. The summed E-state index contributed by atoms with van der Waals surface area (Å²) in [6, 6.07) is 9.29. The minimum Gasteiger partial charge on any atom is -0.385 e. The molecule has 4 nitrogen and oxygen atoms in total. The third-order valence-electron chi connectivity index (χ3n) is 2.13. The zero-order valence-electron chi connectivity index (χ0n) is 12.7. The molecular weight excluding hydrogens is 242 g/mol. The molecule has 1 aromatic rings. The number of anilines is 1. The van der Waals surface area contributed by atoms with E-state index in [1.54, 1.807) is 14.2 Å². The van der Waals surface area contributed by atoms with Gasteiger partial charge in [-0.1, -0.05) is 32.0 Å². The highest BCUT2D eigenvalue weighted by Gasteiger charge is 1.95. The minimum absolute atomic E-state index is 0.329. The Labute approximate surface area is 117 Å². The first kappa shape index (κ1) is 19.9. The summed E-state index contributed by atoms with van der Waals surface area (Å²) in [5.74, 6) is 0. The lowest BCUT2D eigenvalue weighted by Crippen LogP contribution is -2.07. The van der Waals surface area contributed by atoms with Crippen molar-refractivity contribution in [3.8, 4) is 0 Å². The summed E-state index contributed by atoms with van der Waals surface area (Å²) in [7, 11) is 3.41. The highest BCUT2D eigenvalue weighted by atomic mass is 16.5. The van der Waals surface area contributed by atoms with Crippen LogP contribution in [0.3, 0.4) is 0 Å². The standard InChI is InChI=1S/C7H7NO.C6H14O2.C2H6/c9-6-8-7-4-2-1-3-5-7;1-6(8-3)4-5-7-2;1-2/h1-6H,(H,8,9);6H,4-5H2,1-3H3;1-2H3. The molecule has 0 aliphatic carbocycles. The molecule has 0 radical (unpaired) electrons. The number of amides is 1. The van der Waals surface area contributed by atoms with Gasteiger partial charge in [0, 0.05) is 26.5 Å². The first-order chi connectivity index (χ1) is 9.24. The third kappa shape index (κ3) is 14.6. The summed E-state index contributed by atoms with van der Waals surface area (Å²) < 4.78 is 9.81. The highest BCUT2D eigenvalue weighted by molar-refractivity contribution is 5.70. The molecule has 0 aliphatic heterocycles. The Morgan fingerprint density at radius 3 is 2.21 bits per heavy atom. The van der Waals surface area contributed by atoms with Crippen LogP contribution in [-0.4, -0.2) is 33.3 Å². The van der Waals surface area contributed by atoms with E-state index in [9.17, 15) is 4.79 Å². The van der Waals surface area contributed by atoms with Crippen molar-refractivity contribution in [3.63, 3.8) is 0 Å². The van der Waals surface area contributed by atoms with Crippen molar-refractivity contribution in [2.24, 2.45) is 0 Å². The van der Waals surface area contributed by atoms with Crippen LogP contribution in [0.15, 0.2) is 30.3 Å². The Kier molecular flexibility index (Phi) is 17.4. The van der Waals surface area contributed by atoms with Gasteiger partial charge < -0.3 is 14.8 Å². The van der Waals surface area contributed by atoms with Gasteiger partial charge >= 0.3 is 0 Å². The molecule has 0 fully saturated rings. The first-order valence-corrected chi connectivity index (χ1v) is 6.51. The highest BCUT2D eigenvalue weighted by Crippen LogP contribution is 2.01. The van der Waals surface area contributed by atoms with Crippen molar-refractivity contribution in [1.82, 2.24) is 0 Å². The van der Waals surface area contributed by atoms with Crippen LogP contribution < -0.4 is 5.32 Å². The van der Waals surface area contributed by atoms with E-state index in [1.165, 1.54) is 0 Å². The second-order valence-electron chi connectivity index (χ2n) is 3.46. The van der Waals surface area contributed by atoms with E-state index in [4.69, 9.17) is 9.47 Å². The number of carbonyl (C=O) groups excluding carboxylic acids is 1. The molecule has 1 aromatic carbocycles. The fourth-order valence-corrected chi connectivity index (χ4v) is 1.00. The van der Waals surface area contributed by atoms with Crippen molar-refractivity contribution in [1.29, 1.82) is 0 Å². The normalized spacial score (nSPS) is 10.2. The molecule has 19 heavy (non-hydrogen) atoms. The second-order valence-corrected chi connectivity index (χ2v) is 3.46. The van der Waals surface area contributed by atoms with Gasteiger partial charge in [-0.3, -0.25) is 4.79 Å². The van der Waals surface area contributed by atoms with Gasteiger partial charge in [-0.25, -0.2) is 0 Å². The van der Waals surface area contributed by atoms with Gasteiger partial charge in [-0.05, 0) is 25.5 Å². The summed E-state index contributed by atoms with van der Waals surface area (Å²) in [5, 5.41) is 2.53. The maximum atomic E-state index is 9.86. The monoisotopic (exact) mass is 269 g/mol. The largest absolute Gasteiger partial charge is 0.385 e. The fourth-order valence-electron chi connectivity index (χ4n) is 1.00. The number of rotatable bonds is 6. The van der Waals surface area contributed by atoms with Crippen LogP contribution in [0.1, 0.15) is 27.2 Å². The van der Waals surface area contributed by atoms with Gasteiger partial charge in [-0.15, -0.1) is 0 Å². The van der Waals surface area contributed by atoms with E-state index in [-0.39, 0.29) is 0 Å². The molecule has 110 valence electrons. The number of para-hydroxylation sites is 1. The maximum absolute atomic E-state index is 9.86. The zero-order valence-corrected chi connectivity index (χ0v) is 12.7. The van der Waals surface area contributed by atoms with Gasteiger partial charge in [-0.2, -0.15) is 0 Å². The lowest BCUT2D eigenvalue weighted by atomic mass is 10.3. The molecule has 0 aliphatic rings. The number of nitrogens with one attached hydrogen (secondary N) is 1. The number of carbonyl (C=O) groups is 1. The van der Waals surface area contributed by atoms with Crippen LogP contribution in [0.5, 0.6) is 0 Å². The fraction of sp³-hybridized carbons (Fsp3) is 0.533. The predicted octanol–water partition coefficient (Wildman–Crippen LogP) is 3.34. The molecule has 0 bridgehead atoms. The molecule has 0 saturated heterocycles. The second kappa shape index (κ2) is 16.6. The van der Waals surface area contributed by atoms with Crippen molar-refractivity contribution < 1.29 is 14.3 Å². The SMILES string of the molecule is CC.COCCC(C)OC.O=CNc1ccccc1. The van der Waals surface area contributed by atoms with E-state index in [0.717, 1.165) is 18.7 Å². The summed E-state index contributed by atoms with van der Waals surface area (Å²) in [4.78, 5) is 9.86. The van der Waals surface area contributed by atoms with Gasteiger partial charge in [0.15, 0.2) is 0 Å². The van der Waals surface area contributed by atoms with Crippen LogP contribution in [0, 0.1) is 0 Å². The molecule has 1 rings (SSSR count). The van der Waals surface area contributed by atoms with Crippen molar-refractivity contribution in [2.75, 3.05) is 26.1 Å². The summed E-state index contributed by atoms with van der Waals surface area (Å²) in [5.41, 5.74) is 0.826. The van der Waals surface area contributed by atoms with E-state index in [1.807, 2.05) is 51.1 Å². The Balaban J connectivity index is 0. The minimum atomic E-state index is 0.329. The van der Waals surface area contributed by atoms with Crippen LogP contribution in [0.4, 0.5) is 5.69 Å². The molecule has 1 atom stereocenters. The quantitative estimate of drug-likeness (QED) is 0.806. The molecule has 0 aromatic heterocycles. The number of ether oxygens (including phenoxy) is 2. The average Bonchev–Trinajstić information content (AvgIpc) is 2.49. The molecule has 1 amide bonds. The van der Waals surface area contributed by atoms with Crippen molar-refractivity contribution in [2.45, 2.75) is 33.3 Å². The predicted molar refractivity (Wildman–Crippen MR) is 80.4 cm³/mol. The Bertz CT molecular complexity index is 278. The first-order valence-electron chi connectivity index (χ1n) is 6.51. The summed E-state index contributed by atoms with van der Waals surface area (Å²) in [6.45, 7) is 6.81. The number of hydrogen-bond donors (Lipinski definition) is 1. The van der Waals surface area contributed by atoms with E-state index < -0.39 is 0 Å². The molecule has 0 heterocycles. The van der Waals surface area contributed by atoms with Gasteiger partial charge in [0.05, 0.1) is 6.10 Å². The average molecular weight is 269 g/mol. The smallest absolute Gasteiger partial charge is 0.211 e. The zero-order chi connectivity index (χ0) is 14.9. The number of hydrogen-bond acceptors (Lipinski definition) is 3. The number of methoxy groups -OCH3 is 2. The Morgan fingerprint density at radius 1 is 1.21 bits per heavy atom. The van der Waals surface area contributed by atoms with E-state index in [2.05, 4.69) is 5.32 Å². The van der Waals surface area contributed by atoms with Gasteiger partial charge in [0.25, 0.3) is 0 Å². The molecule has 1 N–H and O–H groups in total. The maximum Gasteiger partial charge on any atom is 0.211 e. The lowest BCUT2D eigenvalue weighted by molar-refractivity contribution is -0.105. The molecule has 0 saturated carbocycles. The van der Waals surface area contributed by atoms with Crippen molar-refractivity contribution in [3.05, 3.63) is 30.3 Å². The van der Waals surface area contributed by atoms with Gasteiger partial charge in [0.2, 0.25) is 6.41 Å². The van der Waals surface area contributed by atoms with Crippen LogP contribution in [-0.2, 0) is 14.3 Å². The van der Waals surface area contributed by atoms with E-state index in [0.29, 0.717) is 12.5 Å². The lowest BCUT2D eigenvalue weighted by Gasteiger charge is -2.06. The Morgan fingerprint density at radius 2 is 1.79 bits per heavy atom. The topological polar surface area (TPSA) is 47.6 Å². The molecular formula is C15H27NO3. The van der Waals surface area contributed by atoms with Crippen molar-refractivity contribution >= 4 is 12.1 Å². The number of benzene rings is 1.